The zero-order valence-electron chi connectivity index (χ0n) is 9.64. The van der Waals surface area contributed by atoms with Gasteiger partial charge in [-0.1, -0.05) is 0 Å². The summed E-state index contributed by atoms with van der Waals surface area (Å²) in [5, 5.41) is 14.5. The first-order valence-electron chi connectivity index (χ1n) is 5.47. The van der Waals surface area contributed by atoms with Crippen molar-refractivity contribution in [3.05, 3.63) is 35.9 Å². The van der Waals surface area contributed by atoms with Gasteiger partial charge >= 0.3 is 0 Å². The first kappa shape index (κ1) is 10.9. The highest BCUT2D eigenvalue weighted by Gasteiger charge is 2.05. The van der Waals surface area contributed by atoms with E-state index in [2.05, 4.69) is 27.5 Å². The predicted molar refractivity (Wildman–Crippen MR) is 61.9 cm³/mol. The molecule has 0 bridgehead atoms. The topological polar surface area (TPSA) is 58.5 Å². The zero-order chi connectivity index (χ0) is 11.4. The van der Waals surface area contributed by atoms with Crippen LogP contribution >= 0.6 is 0 Å². The first-order chi connectivity index (χ1) is 7.77. The van der Waals surface area contributed by atoms with Gasteiger partial charge in [-0.15, -0.1) is 0 Å². The van der Waals surface area contributed by atoms with Crippen molar-refractivity contribution in [1.82, 2.24) is 25.3 Å². The highest BCUT2D eigenvalue weighted by Crippen LogP contribution is 2.07. The van der Waals surface area contributed by atoms with Crippen molar-refractivity contribution in [2.45, 2.75) is 19.4 Å². The fourth-order valence-electron chi connectivity index (χ4n) is 1.68. The second kappa shape index (κ2) is 4.94. The van der Waals surface area contributed by atoms with E-state index in [1.54, 1.807) is 6.20 Å². The van der Waals surface area contributed by atoms with Crippen molar-refractivity contribution in [1.29, 1.82) is 0 Å². The normalized spacial score (nSPS) is 12.9. The minimum atomic E-state index is 0.302. The molecule has 0 amide bonds. The number of hydrogen-bond donors (Lipinski definition) is 2. The maximum atomic E-state index is 4.14. The molecule has 5 heteroatoms. The van der Waals surface area contributed by atoms with Crippen LogP contribution in [0.1, 0.15) is 24.4 Å². The Balaban J connectivity index is 1.78. The maximum Gasteiger partial charge on any atom is 0.0518 e. The van der Waals surface area contributed by atoms with Gasteiger partial charge in [0.05, 0.1) is 5.69 Å². The van der Waals surface area contributed by atoms with E-state index in [9.17, 15) is 0 Å². The minimum Gasteiger partial charge on any atom is -0.308 e. The molecule has 2 rings (SSSR count). The number of nitrogens with one attached hydrogen (secondary N) is 2. The van der Waals surface area contributed by atoms with Crippen LogP contribution in [0.2, 0.25) is 0 Å². The van der Waals surface area contributed by atoms with Crippen LogP contribution in [0.5, 0.6) is 0 Å². The largest absolute Gasteiger partial charge is 0.308 e. The van der Waals surface area contributed by atoms with Crippen molar-refractivity contribution in [3.8, 4) is 0 Å². The van der Waals surface area contributed by atoms with Gasteiger partial charge in [-0.3, -0.25) is 9.78 Å². The number of aromatic nitrogens is 4. The minimum absolute atomic E-state index is 0.302. The molecule has 0 aliphatic carbocycles. The van der Waals surface area contributed by atoms with E-state index in [0.29, 0.717) is 6.04 Å². The maximum absolute atomic E-state index is 4.14. The lowest BCUT2D eigenvalue weighted by Gasteiger charge is -2.11. The molecule has 0 fully saturated rings. The molecule has 0 saturated heterocycles. The van der Waals surface area contributed by atoms with Crippen LogP contribution in [0.3, 0.4) is 0 Å². The van der Waals surface area contributed by atoms with Gasteiger partial charge in [0.15, 0.2) is 0 Å². The van der Waals surface area contributed by atoms with E-state index in [1.165, 1.54) is 5.69 Å². The van der Waals surface area contributed by atoms with Gasteiger partial charge < -0.3 is 5.32 Å². The lowest BCUT2D eigenvalue weighted by atomic mass is 10.2. The van der Waals surface area contributed by atoms with Gasteiger partial charge in [0, 0.05) is 44.1 Å². The summed E-state index contributed by atoms with van der Waals surface area (Å²) in [7, 11) is 1.97. The van der Waals surface area contributed by atoms with Crippen molar-refractivity contribution < 1.29 is 0 Å². The van der Waals surface area contributed by atoms with Crippen LogP contribution in [0.15, 0.2) is 24.5 Å². The Morgan fingerprint density at radius 3 is 2.94 bits per heavy atom. The number of rotatable bonds is 5. The monoisotopic (exact) mass is 219 g/mol. The second-order valence-corrected chi connectivity index (χ2v) is 3.88. The Hall–Kier alpha value is -1.62. The van der Waals surface area contributed by atoms with Gasteiger partial charge in [0.1, 0.15) is 0 Å². The molecule has 2 heterocycles. The van der Waals surface area contributed by atoms with E-state index in [1.807, 2.05) is 30.1 Å². The molecule has 2 aromatic rings. The molecular formula is C11H17N5. The third-order valence-corrected chi connectivity index (χ3v) is 2.74. The van der Waals surface area contributed by atoms with Crippen LogP contribution in [0.4, 0.5) is 0 Å². The second-order valence-electron chi connectivity index (χ2n) is 3.88. The van der Waals surface area contributed by atoms with E-state index in [-0.39, 0.29) is 0 Å². The van der Waals surface area contributed by atoms with E-state index < -0.39 is 0 Å². The molecular weight excluding hydrogens is 202 g/mol. The summed E-state index contributed by atoms with van der Waals surface area (Å²) >= 11 is 0. The molecule has 0 spiro atoms. The van der Waals surface area contributed by atoms with Gasteiger partial charge in [-0.2, -0.15) is 10.2 Å². The van der Waals surface area contributed by atoms with Gasteiger partial charge in [-0.25, -0.2) is 0 Å². The summed E-state index contributed by atoms with van der Waals surface area (Å²) in [5.41, 5.74) is 2.36. The molecule has 0 saturated carbocycles. The van der Waals surface area contributed by atoms with Gasteiger partial charge in [-0.05, 0) is 19.1 Å². The summed E-state index contributed by atoms with van der Waals surface area (Å²) in [6.07, 6.45) is 4.58. The number of aromatic amines is 1. The Morgan fingerprint density at radius 1 is 1.44 bits per heavy atom. The molecule has 0 aliphatic heterocycles. The zero-order valence-corrected chi connectivity index (χ0v) is 9.64. The third-order valence-electron chi connectivity index (χ3n) is 2.74. The van der Waals surface area contributed by atoms with Crippen molar-refractivity contribution in [2.24, 2.45) is 7.05 Å². The lowest BCUT2D eigenvalue weighted by Crippen LogP contribution is -2.22. The highest BCUT2D eigenvalue weighted by atomic mass is 15.3. The molecule has 1 unspecified atom stereocenters. The highest BCUT2D eigenvalue weighted by molar-refractivity contribution is 5.04. The number of nitrogens with zero attached hydrogens (tertiary/aromatic N) is 3. The SMILES string of the molecule is CC(NCCc1ccnn1C)c1ccn[nH]1. The van der Waals surface area contributed by atoms with Crippen molar-refractivity contribution in [2.75, 3.05) is 6.54 Å². The summed E-state index contributed by atoms with van der Waals surface area (Å²) in [5.74, 6) is 0. The molecule has 2 aromatic heterocycles. The van der Waals surface area contributed by atoms with E-state index >= 15 is 0 Å². The molecule has 0 aliphatic rings. The molecule has 86 valence electrons. The summed E-state index contributed by atoms with van der Waals surface area (Å²) in [6.45, 7) is 3.05. The average molecular weight is 219 g/mol. The lowest BCUT2D eigenvalue weighted by molar-refractivity contribution is 0.552. The van der Waals surface area contributed by atoms with Crippen LogP contribution in [0.25, 0.3) is 0 Å². The Morgan fingerprint density at radius 2 is 2.31 bits per heavy atom. The van der Waals surface area contributed by atoms with Crippen LogP contribution < -0.4 is 5.32 Å². The van der Waals surface area contributed by atoms with Crippen LogP contribution in [-0.2, 0) is 13.5 Å². The fourth-order valence-corrected chi connectivity index (χ4v) is 1.68. The fraction of sp³-hybridized carbons (Fsp3) is 0.455. The molecule has 16 heavy (non-hydrogen) atoms. The Labute approximate surface area is 94.9 Å². The van der Waals surface area contributed by atoms with Gasteiger partial charge in [0.25, 0.3) is 0 Å². The average Bonchev–Trinajstić information content (AvgIpc) is 2.90. The van der Waals surface area contributed by atoms with Gasteiger partial charge in [0.2, 0.25) is 0 Å². The van der Waals surface area contributed by atoms with Crippen molar-refractivity contribution in [3.63, 3.8) is 0 Å². The molecule has 5 nitrogen and oxygen atoms in total. The quantitative estimate of drug-likeness (QED) is 0.790. The Bertz CT molecular complexity index is 417. The van der Waals surface area contributed by atoms with Crippen LogP contribution in [-0.4, -0.2) is 26.5 Å². The third kappa shape index (κ3) is 2.49. The van der Waals surface area contributed by atoms with Crippen molar-refractivity contribution >= 4 is 0 Å². The number of hydrogen-bond acceptors (Lipinski definition) is 3. The summed E-state index contributed by atoms with van der Waals surface area (Å²) < 4.78 is 1.91. The smallest absolute Gasteiger partial charge is 0.0518 e. The standard InChI is InChI=1S/C11H17N5/c1-9(11-5-7-13-15-11)12-6-3-10-4-8-14-16(10)2/h4-5,7-9,12H,3,6H2,1-2H3,(H,13,15). The predicted octanol–water partition coefficient (Wildman–Crippen LogP) is 1.04. The summed E-state index contributed by atoms with van der Waals surface area (Å²) in [4.78, 5) is 0. The first-order valence-corrected chi connectivity index (χ1v) is 5.47. The molecule has 0 aromatic carbocycles. The molecule has 0 radical (unpaired) electrons. The van der Waals surface area contributed by atoms with Crippen LogP contribution in [0, 0.1) is 0 Å². The molecule has 2 N–H and O–H groups in total. The Kier molecular flexibility index (Phi) is 3.36. The number of aryl methyl sites for hydroxylation is 1. The molecule has 1 atom stereocenters. The number of H-pyrrole nitrogens is 1. The summed E-state index contributed by atoms with van der Waals surface area (Å²) in [6, 6.07) is 4.33. The van der Waals surface area contributed by atoms with E-state index in [0.717, 1.165) is 18.7 Å². The van der Waals surface area contributed by atoms with E-state index in [4.69, 9.17) is 0 Å².